The molecule has 1 aliphatic carbocycles. The number of thioether (sulfide) groups is 1. The predicted molar refractivity (Wildman–Crippen MR) is 91.2 cm³/mol. The lowest BCUT2D eigenvalue weighted by Gasteiger charge is -2.07. The van der Waals surface area contributed by atoms with Gasteiger partial charge in [0.1, 0.15) is 0 Å². The van der Waals surface area contributed by atoms with Crippen LogP contribution in [0.25, 0.3) is 0 Å². The third-order valence-electron chi connectivity index (χ3n) is 4.19. The molecule has 2 nitrogen and oxygen atoms in total. The monoisotopic (exact) mass is 294 g/mol. The van der Waals surface area contributed by atoms with Crippen molar-refractivity contribution >= 4 is 22.6 Å². The smallest absolute Gasteiger partial charge is 0.161 e. The molecule has 1 heterocycles. The van der Waals surface area contributed by atoms with Crippen LogP contribution in [0, 0.1) is 0 Å². The highest BCUT2D eigenvalue weighted by Crippen LogP contribution is 2.31. The SMILES string of the molecule is c1ccc(C2CSC(Nc3ccc4c(c3)CCC4)=N2)cc1. The zero-order valence-corrected chi connectivity index (χ0v) is 12.7. The minimum Gasteiger partial charge on any atom is -0.335 e. The van der Waals surface area contributed by atoms with Gasteiger partial charge in [-0.05, 0) is 48.1 Å². The first-order valence-electron chi connectivity index (χ1n) is 7.53. The molecule has 1 atom stereocenters. The number of nitrogens with one attached hydrogen (secondary N) is 1. The molecule has 0 saturated heterocycles. The van der Waals surface area contributed by atoms with Crippen molar-refractivity contribution in [2.24, 2.45) is 4.99 Å². The van der Waals surface area contributed by atoms with Crippen LogP contribution in [-0.4, -0.2) is 10.9 Å². The highest BCUT2D eigenvalue weighted by molar-refractivity contribution is 8.14. The first-order chi connectivity index (χ1) is 10.4. The molecule has 0 fully saturated rings. The Morgan fingerprint density at radius 1 is 1.00 bits per heavy atom. The van der Waals surface area contributed by atoms with Crippen molar-refractivity contribution in [3.05, 3.63) is 65.2 Å². The van der Waals surface area contributed by atoms with E-state index >= 15 is 0 Å². The Morgan fingerprint density at radius 3 is 2.76 bits per heavy atom. The third kappa shape index (κ3) is 2.70. The van der Waals surface area contributed by atoms with E-state index in [1.54, 1.807) is 0 Å². The van der Waals surface area contributed by atoms with Crippen molar-refractivity contribution in [2.75, 3.05) is 11.1 Å². The molecule has 0 saturated carbocycles. The van der Waals surface area contributed by atoms with Gasteiger partial charge in [0.2, 0.25) is 0 Å². The normalized spacial score (nSPS) is 20.2. The first kappa shape index (κ1) is 13.0. The second-order valence-electron chi connectivity index (χ2n) is 5.63. The van der Waals surface area contributed by atoms with E-state index in [1.165, 1.54) is 41.6 Å². The highest BCUT2D eigenvalue weighted by atomic mass is 32.2. The Kier molecular flexibility index (Phi) is 3.44. The maximum Gasteiger partial charge on any atom is 0.161 e. The Labute approximate surface area is 129 Å². The number of aryl methyl sites for hydroxylation is 2. The fourth-order valence-electron chi connectivity index (χ4n) is 3.06. The summed E-state index contributed by atoms with van der Waals surface area (Å²) in [5.41, 5.74) is 5.50. The summed E-state index contributed by atoms with van der Waals surface area (Å²) in [6.45, 7) is 0. The molecule has 106 valence electrons. The summed E-state index contributed by atoms with van der Waals surface area (Å²) in [5.74, 6) is 1.03. The van der Waals surface area contributed by atoms with Crippen LogP contribution >= 0.6 is 11.8 Å². The van der Waals surface area contributed by atoms with Crippen molar-refractivity contribution < 1.29 is 0 Å². The fraction of sp³-hybridized carbons (Fsp3) is 0.278. The molecule has 2 aromatic rings. The Balaban J connectivity index is 1.50. The summed E-state index contributed by atoms with van der Waals surface area (Å²) >= 11 is 1.81. The van der Waals surface area contributed by atoms with Gasteiger partial charge in [0.05, 0.1) is 6.04 Å². The van der Waals surface area contributed by atoms with Crippen LogP contribution in [0.4, 0.5) is 5.69 Å². The van der Waals surface area contributed by atoms with Crippen LogP contribution in [0.2, 0.25) is 0 Å². The minimum atomic E-state index is 0.285. The van der Waals surface area contributed by atoms with E-state index in [4.69, 9.17) is 4.99 Å². The van der Waals surface area contributed by atoms with Crippen molar-refractivity contribution in [3.63, 3.8) is 0 Å². The lowest BCUT2D eigenvalue weighted by atomic mass is 10.1. The number of rotatable bonds is 2. The molecule has 2 aromatic carbocycles. The summed E-state index contributed by atoms with van der Waals surface area (Å²) in [6, 6.07) is 17.6. The molecule has 0 radical (unpaired) electrons. The van der Waals surface area contributed by atoms with E-state index in [9.17, 15) is 0 Å². The van der Waals surface area contributed by atoms with Crippen LogP contribution in [0.15, 0.2) is 53.5 Å². The van der Waals surface area contributed by atoms with Crippen molar-refractivity contribution in [2.45, 2.75) is 25.3 Å². The number of fused-ring (bicyclic) bond motifs is 1. The van der Waals surface area contributed by atoms with Crippen LogP contribution in [0.3, 0.4) is 0 Å². The molecule has 0 bridgehead atoms. The Morgan fingerprint density at radius 2 is 1.86 bits per heavy atom. The van der Waals surface area contributed by atoms with Crippen molar-refractivity contribution in [1.29, 1.82) is 0 Å². The summed E-state index contributed by atoms with van der Waals surface area (Å²) < 4.78 is 0. The molecule has 2 aliphatic rings. The highest BCUT2D eigenvalue weighted by Gasteiger charge is 2.20. The van der Waals surface area contributed by atoms with E-state index in [1.807, 2.05) is 11.8 Å². The topological polar surface area (TPSA) is 24.4 Å². The molecule has 0 amide bonds. The Bertz CT molecular complexity index is 679. The van der Waals surface area contributed by atoms with E-state index in [-0.39, 0.29) is 6.04 Å². The predicted octanol–water partition coefficient (Wildman–Crippen LogP) is 4.43. The number of benzene rings is 2. The molecule has 3 heteroatoms. The molecular weight excluding hydrogens is 276 g/mol. The average molecular weight is 294 g/mol. The minimum absolute atomic E-state index is 0.285. The molecule has 21 heavy (non-hydrogen) atoms. The van der Waals surface area contributed by atoms with Gasteiger partial charge in [-0.15, -0.1) is 0 Å². The first-order valence-corrected chi connectivity index (χ1v) is 8.51. The van der Waals surface area contributed by atoms with Gasteiger partial charge < -0.3 is 5.32 Å². The maximum atomic E-state index is 4.82. The molecule has 0 spiro atoms. The second kappa shape index (κ2) is 5.57. The van der Waals surface area contributed by atoms with Crippen molar-refractivity contribution in [3.8, 4) is 0 Å². The maximum absolute atomic E-state index is 4.82. The molecule has 1 unspecified atom stereocenters. The number of amidine groups is 1. The number of hydrogen-bond acceptors (Lipinski definition) is 3. The number of aliphatic imine (C=N–C) groups is 1. The molecule has 0 aromatic heterocycles. The third-order valence-corrected chi connectivity index (χ3v) is 5.15. The van der Waals surface area contributed by atoms with Crippen LogP contribution < -0.4 is 5.32 Å². The number of nitrogens with zero attached hydrogens (tertiary/aromatic N) is 1. The lowest BCUT2D eigenvalue weighted by molar-refractivity contribution is 0.849. The molecule has 1 aliphatic heterocycles. The van der Waals surface area contributed by atoms with Crippen LogP contribution in [-0.2, 0) is 12.8 Å². The summed E-state index contributed by atoms with van der Waals surface area (Å²) in [5, 5.41) is 4.53. The zero-order chi connectivity index (χ0) is 14.1. The van der Waals surface area contributed by atoms with Crippen LogP contribution in [0.1, 0.15) is 29.2 Å². The molecule has 1 N–H and O–H groups in total. The molecule has 4 rings (SSSR count). The van der Waals surface area contributed by atoms with Crippen molar-refractivity contribution in [1.82, 2.24) is 0 Å². The van der Waals surface area contributed by atoms with Gasteiger partial charge in [0, 0.05) is 11.4 Å². The Hall–Kier alpha value is -1.74. The summed E-state index contributed by atoms with van der Waals surface area (Å²) in [6.07, 6.45) is 3.75. The molecular formula is C18H18N2S. The zero-order valence-electron chi connectivity index (χ0n) is 11.9. The summed E-state index contributed by atoms with van der Waals surface area (Å²) in [7, 11) is 0. The van der Waals surface area contributed by atoms with Gasteiger partial charge in [0.15, 0.2) is 5.17 Å². The van der Waals surface area contributed by atoms with Gasteiger partial charge in [-0.25, -0.2) is 0 Å². The quantitative estimate of drug-likeness (QED) is 0.886. The largest absolute Gasteiger partial charge is 0.335 e. The van der Waals surface area contributed by atoms with Gasteiger partial charge >= 0.3 is 0 Å². The fourth-order valence-corrected chi connectivity index (χ4v) is 4.04. The average Bonchev–Trinajstić information content (AvgIpc) is 3.17. The van der Waals surface area contributed by atoms with Crippen LogP contribution in [0.5, 0.6) is 0 Å². The van der Waals surface area contributed by atoms with Gasteiger partial charge in [-0.3, -0.25) is 4.99 Å². The van der Waals surface area contributed by atoms with E-state index in [2.05, 4.69) is 53.8 Å². The van der Waals surface area contributed by atoms with E-state index in [0.717, 1.165) is 10.9 Å². The number of anilines is 1. The second-order valence-corrected chi connectivity index (χ2v) is 6.64. The van der Waals surface area contributed by atoms with Gasteiger partial charge in [0.25, 0.3) is 0 Å². The van der Waals surface area contributed by atoms with Gasteiger partial charge in [-0.2, -0.15) is 0 Å². The summed E-state index contributed by atoms with van der Waals surface area (Å²) in [4.78, 5) is 4.82. The van der Waals surface area contributed by atoms with Gasteiger partial charge in [-0.1, -0.05) is 48.2 Å². The standard InChI is InChI=1S/C18H18N2S/c1-2-5-14(6-3-1)17-12-21-18(20-17)19-16-10-9-13-7-4-8-15(13)11-16/h1-3,5-6,9-11,17H,4,7-8,12H2,(H,19,20). The van der Waals surface area contributed by atoms with E-state index < -0.39 is 0 Å². The number of hydrogen-bond donors (Lipinski definition) is 1. The lowest BCUT2D eigenvalue weighted by Crippen LogP contribution is -2.05. The van der Waals surface area contributed by atoms with E-state index in [0.29, 0.717) is 0 Å².